The molecule has 4 saturated carbocycles. The number of nitrogens with zero attached hydrogens (tertiary/aromatic N) is 3. The second-order valence-corrected chi connectivity index (χ2v) is 18.3. The van der Waals surface area contributed by atoms with Gasteiger partial charge in [0.05, 0.1) is 18.8 Å². The van der Waals surface area contributed by atoms with Crippen molar-refractivity contribution in [2.24, 2.45) is 35.5 Å². The topological polar surface area (TPSA) is 119 Å². The van der Waals surface area contributed by atoms with Gasteiger partial charge in [-0.15, -0.1) is 0 Å². The minimum Gasteiger partial charge on any atom is -0.393 e. The van der Waals surface area contributed by atoms with Gasteiger partial charge in [-0.1, -0.05) is 37.3 Å². The number of piperazine rings is 1. The Balaban J connectivity index is 0.795. The molecule has 7 rings (SSSR count). The highest BCUT2D eigenvalue weighted by atomic mass is 16.5. The molecule has 7 aliphatic rings. The van der Waals surface area contributed by atoms with Crippen molar-refractivity contribution in [3.05, 3.63) is 11.1 Å². The summed E-state index contributed by atoms with van der Waals surface area (Å²) in [6.07, 6.45) is 22.4. The minimum absolute atomic E-state index is 0.0211. The number of amides is 4. The van der Waals surface area contributed by atoms with Gasteiger partial charge in [0.25, 0.3) is 0 Å². The van der Waals surface area contributed by atoms with E-state index >= 15 is 0 Å². The molecule has 0 radical (unpaired) electrons. The summed E-state index contributed by atoms with van der Waals surface area (Å²) >= 11 is 0. The number of piperidine rings is 1. The van der Waals surface area contributed by atoms with E-state index in [1.54, 1.807) is 4.90 Å². The monoisotopic (exact) mass is 751 g/mol. The third-order valence-electron chi connectivity index (χ3n) is 15.1. The highest BCUT2D eigenvalue weighted by molar-refractivity contribution is 6.02. The fraction of sp³-hybridized carbons (Fsp3) is 0.864. The molecule has 0 bridgehead atoms. The van der Waals surface area contributed by atoms with Gasteiger partial charge in [-0.05, 0) is 132 Å². The zero-order valence-corrected chi connectivity index (χ0v) is 33.3. The quantitative estimate of drug-likeness (QED) is 0.186. The molecule has 0 aromatic heterocycles. The van der Waals surface area contributed by atoms with Crippen LogP contribution in [0.2, 0.25) is 0 Å². The van der Waals surface area contributed by atoms with Crippen LogP contribution in [0, 0.1) is 35.5 Å². The van der Waals surface area contributed by atoms with E-state index in [0.29, 0.717) is 43.2 Å². The molecule has 10 heteroatoms. The van der Waals surface area contributed by atoms with E-state index in [1.807, 2.05) is 16.0 Å². The van der Waals surface area contributed by atoms with Gasteiger partial charge in [-0.2, -0.15) is 0 Å². The molecule has 0 aromatic rings. The number of hydrogen-bond donors (Lipinski definition) is 2. The summed E-state index contributed by atoms with van der Waals surface area (Å²) in [4.78, 5) is 56.7. The average Bonchev–Trinajstić information content (AvgIpc) is 3.52. The van der Waals surface area contributed by atoms with Crippen LogP contribution in [0.3, 0.4) is 0 Å². The molecule has 302 valence electrons. The molecule has 10 nitrogen and oxygen atoms in total. The molecule has 0 aromatic carbocycles. The van der Waals surface area contributed by atoms with Crippen molar-refractivity contribution < 1.29 is 29.0 Å². The zero-order valence-electron chi connectivity index (χ0n) is 33.3. The van der Waals surface area contributed by atoms with Gasteiger partial charge in [0.2, 0.25) is 23.6 Å². The molecule has 4 amide bonds. The van der Waals surface area contributed by atoms with Gasteiger partial charge < -0.3 is 19.6 Å². The Morgan fingerprint density at radius 3 is 2.20 bits per heavy atom. The lowest BCUT2D eigenvalue weighted by Gasteiger charge is -2.40. The summed E-state index contributed by atoms with van der Waals surface area (Å²) < 4.78 is 6.51. The summed E-state index contributed by atoms with van der Waals surface area (Å²) in [5, 5.41) is 12.7. The van der Waals surface area contributed by atoms with Crippen LogP contribution in [0.5, 0.6) is 0 Å². The molecule has 3 saturated heterocycles. The number of carbonyl (C=O) groups is 4. The van der Waals surface area contributed by atoms with Crippen LogP contribution in [0.4, 0.5) is 0 Å². The first-order chi connectivity index (χ1) is 26.3. The van der Waals surface area contributed by atoms with E-state index in [4.69, 9.17) is 4.74 Å². The summed E-state index contributed by atoms with van der Waals surface area (Å²) in [7, 11) is 0. The maximum Gasteiger partial charge on any atom is 0.249 e. The largest absolute Gasteiger partial charge is 0.393 e. The number of aliphatic hydroxyl groups is 1. The second-order valence-electron chi connectivity index (χ2n) is 18.3. The number of ether oxygens (including phenoxy) is 1. The number of imide groups is 1. The number of allylic oxidation sites excluding steroid dienone is 2. The fourth-order valence-electron chi connectivity index (χ4n) is 12.0. The molecule has 2 N–H and O–H groups in total. The van der Waals surface area contributed by atoms with Crippen molar-refractivity contribution in [2.45, 2.75) is 160 Å². The first-order valence-corrected chi connectivity index (χ1v) is 22.4. The number of fused-ring (bicyclic) bond motifs is 1. The van der Waals surface area contributed by atoms with Crippen LogP contribution in [-0.2, 0) is 23.9 Å². The van der Waals surface area contributed by atoms with Crippen LogP contribution in [0.1, 0.15) is 142 Å². The van der Waals surface area contributed by atoms with Gasteiger partial charge in [-0.25, -0.2) is 0 Å². The molecule has 7 fully saturated rings. The first kappa shape index (κ1) is 39.9. The number of rotatable bonds is 12. The van der Waals surface area contributed by atoms with Crippen molar-refractivity contribution in [2.75, 3.05) is 45.9 Å². The van der Waals surface area contributed by atoms with E-state index in [-0.39, 0.29) is 48.0 Å². The Labute approximate surface area is 324 Å². The molecule has 54 heavy (non-hydrogen) atoms. The van der Waals surface area contributed by atoms with E-state index < -0.39 is 6.04 Å². The number of likely N-dealkylation sites (tertiary alicyclic amines) is 1. The molecule has 0 spiro atoms. The van der Waals surface area contributed by atoms with Crippen molar-refractivity contribution in [3.8, 4) is 0 Å². The number of aliphatic hydroxyl groups excluding tert-OH is 1. The third-order valence-corrected chi connectivity index (χ3v) is 15.1. The molecule has 3 heterocycles. The smallest absolute Gasteiger partial charge is 0.249 e. The third kappa shape index (κ3) is 9.62. The molecule has 4 atom stereocenters. The zero-order chi connectivity index (χ0) is 37.6. The number of hydrogen-bond acceptors (Lipinski definition) is 7. The lowest BCUT2D eigenvalue weighted by Crippen LogP contribution is -2.53. The van der Waals surface area contributed by atoms with E-state index in [0.717, 1.165) is 96.6 Å². The highest BCUT2D eigenvalue weighted by Crippen LogP contribution is 2.46. The van der Waals surface area contributed by atoms with Crippen molar-refractivity contribution in [3.63, 3.8) is 0 Å². The van der Waals surface area contributed by atoms with Crippen LogP contribution in [0.15, 0.2) is 11.1 Å². The first-order valence-electron chi connectivity index (χ1n) is 22.4. The molecular weight excluding hydrogens is 681 g/mol. The maximum absolute atomic E-state index is 13.2. The predicted octanol–water partition coefficient (Wildman–Crippen LogP) is 6.00. The fourth-order valence-corrected chi connectivity index (χ4v) is 12.0. The Bertz CT molecular complexity index is 1340. The normalized spacial score (nSPS) is 35.1. The van der Waals surface area contributed by atoms with E-state index in [2.05, 4.69) is 17.1 Å². The lowest BCUT2D eigenvalue weighted by atomic mass is 9.68. The van der Waals surface area contributed by atoms with Crippen LogP contribution in [0.25, 0.3) is 0 Å². The van der Waals surface area contributed by atoms with Crippen LogP contribution < -0.4 is 5.32 Å². The van der Waals surface area contributed by atoms with Crippen molar-refractivity contribution >= 4 is 23.6 Å². The van der Waals surface area contributed by atoms with E-state index in [9.17, 15) is 24.3 Å². The van der Waals surface area contributed by atoms with Crippen LogP contribution in [-0.4, -0.2) is 108 Å². The van der Waals surface area contributed by atoms with Crippen molar-refractivity contribution in [1.29, 1.82) is 0 Å². The SMILES string of the molecule is CC/C(=C(\C1CCC(O)CC1)C1CCC(OCCN2CCN(C(=O)CCC3CCC4C(=O)N(C5CCC(=O)NC5=O)CC4C3)CC2)CC1)C1CCCCC1. The number of nitrogens with one attached hydrogen (secondary N) is 1. The number of carbonyl (C=O) groups excluding carboxylic acids is 4. The van der Waals surface area contributed by atoms with E-state index in [1.165, 1.54) is 64.2 Å². The van der Waals surface area contributed by atoms with Gasteiger partial charge in [0.1, 0.15) is 6.04 Å². The summed E-state index contributed by atoms with van der Waals surface area (Å²) in [6.45, 7) is 8.06. The Morgan fingerprint density at radius 2 is 1.52 bits per heavy atom. The Morgan fingerprint density at radius 1 is 0.815 bits per heavy atom. The van der Waals surface area contributed by atoms with Gasteiger partial charge in [0.15, 0.2) is 0 Å². The average molecular weight is 751 g/mol. The second kappa shape index (κ2) is 18.8. The lowest BCUT2D eigenvalue weighted by molar-refractivity contribution is -0.144. The Kier molecular flexibility index (Phi) is 13.9. The Hall–Kier alpha value is -2.30. The van der Waals surface area contributed by atoms with Gasteiger partial charge in [0, 0.05) is 58.0 Å². The summed E-state index contributed by atoms with van der Waals surface area (Å²) in [6, 6.07) is -0.518. The predicted molar refractivity (Wildman–Crippen MR) is 208 cm³/mol. The molecule has 4 unspecified atom stereocenters. The van der Waals surface area contributed by atoms with Crippen molar-refractivity contribution in [1.82, 2.24) is 20.0 Å². The highest BCUT2D eigenvalue weighted by Gasteiger charge is 2.48. The molecular formula is C44H70N4O6. The standard InChI is InChI=1S/C44H70N4O6/c1-2-37(31-6-4-3-5-7-31)42(32-10-14-35(49)15-11-32)33-12-16-36(17-13-33)54-27-26-46-22-24-47(25-23-46)41(51)21-9-30-8-18-38-34(28-30)29-48(44(38)53)39-19-20-40(50)45-43(39)52/h30-36,38-39,49H,2-29H2,1H3,(H,45,50,52)/b42-37-. The molecule has 3 aliphatic heterocycles. The minimum atomic E-state index is -0.518. The van der Waals surface area contributed by atoms with Crippen LogP contribution >= 0.6 is 0 Å². The summed E-state index contributed by atoms with van der Waals surface area (Å²) in [5.41, 5.74) is 3.64. The summed E-state index contributed by atoms with van der Waals surface area (Å²) in [5.74, 6) is 2.58. The van der Waals surface area contributed by atoms with Gasteiger partial charge >= 0.3 is 0 Å². The van der Waals surface area contributed by atoms with Gasteiger partial charge in [-0.3, -0.25) is 29.4 Å². The molecule has 4 aliphatic carbocycles. The maximum atomic E-state index is 13.2.